The number of carbonyl (C=O) groups excluding carboxylic acids is 1. The van der Waals surface area contributed by atoms with Gasteiger partial charge in [-0.05, 0) is 31.9 Å². The first-order valence-electron chi connectivity index (χ1n) is 10.4. The van der Waals surface area contributed by atoms with E-state index < -0.39 is 0 Å². The van der Waals surface area contributed by atoms with Crippen molar-refractivity contribution in [1.82, 2.24) is 19.9 Å². The summed E-state index contributed by atoms with van der Waals surface area (Å²) in [7, 11) is 0. The highest BCUT2D eigenvalue weighted by atomic mass is 16.5. The molecule has 1 aliphatic heterocycles. The zero-order valence-electron chi connectivity index (χ0n) is 17.4. The van der Waals surface area contributed by atoms with Gasteiger partial charge in [0, 0.05) is 31.7 Å². The molecule has 0 bridgehead atoms. The lowest BCUT2D eigenvalue weighted by atomic mass is 10.0. The zero-order valence-corrected chi connectivity index (χ0v) is 17.4. The molecule has 1 aromatic carbocycles. The summed E-state index contributed by atoms with van der Waals surface area (Å²) in [4.78, 5) is 22.4. The Balaban J connectivity index is 1.60. The van der Waals surface area contributed by atoms with Gasteiger partial charge in [-0.15, -0.1) is 0 Å². The number of aromatic nitrogens is 2. The minimum absolute atomic E-state index is 0.0318. The van der Waals surface area contributed by atoms with Crippen molar-refractivity contribution in [3.05, 3.63) is 47.7 Å². The van der Waals surface area contributed by atoms with Gasteiger partial charge in [0.15, 0.2) is 0 Å². The lowest BCUT2D eigenvalue weighted by Crippen LogP contribution is -2.49. The molecular formula is C23H28N4O2. The van der Waals surface area contributed by atoms with E-state index in [1.807, 2.05) is 48.2 Å². The maximum Gasteiger partial charge on any atom is 0.259 e. The van der Waals surface area contributed by atoms with E-state index in [2.05, 4.69) is 28.9 Å². The summed E-state index contributed by atoms with van der Waals surface area (Å²) in [5.74, 6) is 0.733. The molecule has 1 saturated heterocycles. The summed E-state index contributed by atoms with van der Waals surface area (Å²) in [5.41, 5.74) is 3.43. The van der Waals surface area contributed by atoms with Crippen molar-refractivity contribution >= 4 is 17.0 Å². The number of rotatable bonds is 5. The van der Waals surface area contributed by atoms with Gasteiger partial charge in [-0.25, -0.2) is 4.98 Å². The Hall–Kier alpha value is -2.73. The van der Waals surface area contributed by atoms with E-state index in [1.165, 1.54) is 6.42 Å². The molecule has 3 aromatic rings. The lowest BCUT2D eigenvalue weighted by molar-refractivity contribution is 0.0633. The number of piperazine rings is 1. The first-order valence-corrected chi connectivity index (χ1v) is 10.4. The maximum atomic E-state index is 13.4. The topological polar surface area (TPSA) is 62.5 Å². The fourth-order valence-corrected chi connectivity index (χ4v) is 3.81. The largest absolute Gasteiger partial charge is 0.336 e. The Kier molecular flexibility index (Phi) is 5.62. The van der Waals surface area contributed by atoms with Crippen LogP contribution in [0.2, 0.25) is 0 Å². The molecule has 6 heteroatoms. The molecule has 0 unspecified atom stereocenters. The van der Waals surface area contributed by atoms with Crippen molar-refractivity contribution < 1.29 is 9.32 Å². The minimum atomic E-state index is 0.0318. The summed E-state index contributed by atoms with van der Waals surface area (Å²) < 4.78 is 5.42. The molecule has 1 aliphatic rings. The van der Waals surface area contributed by atoms with Crippen LogP contribution in [0.25, 0.3) is 22.4 Å². The van der Waals surface area contributed by atoms with Gasteiger partial charge in [-0.3, -0.25) is 9.69 Å². The number of benzene rings is 1. The van der Waals surface area contributed by atoms with E-state index in [9.17, 15) is 4.79 Å². The number of carbonyl (C=O) groups is 1. The third kappa shape index (κ3) is 4.17. The molecule has 3 heterocycles. The van der Waals surface area contributed by atoms with Crippen molar-refractivity contribution in [3.63, 3.8) is 0 Å². The van der Waals surface area contributed by atoms with Crippen LogP contribution in [0.3, 0.4) is 0 Å². The first-order chi connectivity index (χ1) is 14.0. The summed E-state index contributed by atoms with van der Waals surface area (Å²) in [6.45, 7) is 10.8. The molecular weight excluding hydrogens is 364 g/mol. The molecule has 0 N–H and O–H groups in total. The molecule has 6 nitrogen and oxygen atoms in total. The van der Waals surface area contributed by atoms with Gasteiger partial charge in [0.2, 0.25) is 0 Å². The van der Waals surface area contributed by atoms with Crippen LogP contribution in [0.4, 0.5) is 0 Å². The number of nitrogens with zero attached hydrogens (tertiary/aromatic N) is 4. The number of hydrogen-bond donors (Lipinski definition) is 0. The average molecular weight is 393 g/mol. The zero-order chi connectivity index (χ0) is 20.4. The molecule has 152 valence electrons. The van der Waals surface area contributed by atoms with Gasteiger partial charge in [0.1, 0.15) is 0 Å². The molecule has 4 rings (SSSR count). The van der Waals surface area contributed by atoms with Crippen LogP contribution in [0.5, 0.6) is 0 Å². The Morgan fingerprint density at radius 3 is 2.55 bits per heavy atom. The molecule has 0 atom stereocenters. The van der Waals surface area contributed by atoms with Crippen molar-refractivity contribution in [2.24, 2.45) is 5.92 Å². The smallest absolute Gasteiger partial charge is 0.259 e. The molecule has 0 spiro atoms. The third-order valence-corrected chi connectivity index (χ3v) is 5.60. The Morgan fingerprint density at radius 1 is 1.14 bits per heavy atom. The van der Waals surface area contributed by atoms with Gasteiger partial charge < -0.3 is 9.42 Å². The summed E-state index contributed by atoms with van der Waals surface area (Å²) >= 11 is 0. The second-order valence-electron chi connectivity index (χ2n) is 8.19. The van der Waals surface area contributed by atoms with Gasteiger partial charge in [-0.2, -0.15) is 0 Å². The highest BCUT2D eigenvalue weighted by Gasteiger charge is 2.26. The van der Waals surface area contributed by atoms with Crippen LogP contribution < -0.4 is 0 Å². The second-order valence-corrected chi connectivity index (χ2v) is 8.19. The van der Waals surface area contributed by atoms with Crippen LogP contribution in [-0.2, 0) is 0 Å². The molecule has 1 amide bonds. The maximum absolute atomic E-state index is 13.4. The van der Waals surface area contributed by atoms with Gasteiger partial charge in [-0.1, -0.05) is 49.3 Å². The van der Waals surface area contributed by atoms with Crippen LogP contribution in [0.15, 0.2) is 40.9 Å². The molecule has 0 aliphatic carbocycles. The molecule has 2 aromatic heterocycles. The predicted molar refractivity (Wildman–Crippen MR) is 114 cm³/mol. The Morgan fingerprint density at radius 2 is 1.86 bits per heavy atom. The highest BCUT2D eigenvalue weighted by molar-refractivity contribution is 6.07. The second kappa shape index (κ2) is 8.33. The van der Waals surface area contributed by atoms with Crippen LogP contribution >= 0.6 is 0 Å². The molecule has 0 saturated carbocycles. The van der Waals surface area contributed by atoms with E-state index in [0.717, 1.165) is 49.4 Å². The van der Waals surface area contributed by atoms with Crippen molar-refractivity contribution in [2.75, 3.05) is 32.7 Å². The third-order valence-electron chi connectivity index (χ3n) is 5.60. The lowest BCUT2D eigenvalue weighted by Gasteiger charge is -2.35. The van der Waals surface area contributed by atoms with E-state index in [1.54, 1.807) is 0 Å². The molecule has 0 radical (unpaired) electrons. The number of pyridine rings is 1. The molecule has 1 fully saturated rings. The Labute approximate surface area is 171 Å². The van der Waals surface area contributed by atoms with Crippen LogP contribution in [-0.4, -0.2) is 58.6 Å². The van der Waals surface area contributed by atoms with E-state index in [-0.39, 0.29) is 5.91 Å². The van der Waals surface area contributed by atoms with Gasteiger partial charge in [0.05, 0.1) is 22.3 Å². The quantitative estimate of drug-likeness (QED) is 0.657. The van der Waals surface area contributed by atoms with E-state index in [0.29, 0.717) is 22.9 Å². The standard InChI is InChI=1S/C23H28N4O2/c1-16(2)9-10-26-11-13-27(14-12-26)23(28)19-15-20(18-7-5-4-6-8-18)24-22-21(19)17(3)25-29-22/h4-8,15-16H,9-14H2,1-3H3. The highest BCUT2D eigenvalue weighted by Crippen LogP contribution is 2.28. The SMILES string of the molecule is Cc1noc2nc(-c3ccccc3)cc(C(=O)N3CCN(CCC(C)C)CC3)c12. The van der Waals surface area contributed by atoms with E-state index in [4.69, 9.17) is 4.52 Å². The van der Waals surface area contributed by atoms with Crippen LogP contribution in [0, 0.1) is 12.8 Å². The minimum Gasteiger partial charge on any atom is -0.336 e. The monoisotopic (exact) mass is 392 g/mol. The van der Waals surface area contributed by atoms with Crippen molar-refractivity contribution in [3.8, 4) is 11.3 Å². The van der Waals surface area contributed by atoms with Gasteiger partial charge in [0.25, 0.3) is 11.6 Å². The van der Waals surface area contributed by atoms with Crippen molar-refractivity contribution in [1.29, 1.82) is 0 Å². The number of amides is 1. The first kappa shape index (κ1) is 19.6. The predicted octanol–water partition coefficient (Wildman–Crippen LogP) is 4.00. The Bertz CT molecular complexity index is 989. The number of fused-ring (bicyclic) bond motifs is 1. The summed E-state index contributed by atoms with van der Waals surface area (Å²) in [6, 6.07) is 11.7. The van der Waals surface area contributed by atoms with E-state index >= 15 is 0 Å². The fraction of sp³-hybridized carbons (Fsp3) is 0.435. The normalized spacial score (nSPS) is 15.4. The fourth-order valence-electron chi connectivity index (χ4n) is 3.81. The molecule has 29 heavy (non-hydrogen) atoms. The summed E-state index contributed by atoms with van der Waals surface area (Å²) in [6.07, 6.45) is 1.19. The van der Waals surface area contributed by atoms with Crippen molar-refractivity contribution in [2.45, 2.75) is 27.2 Å². The average Bonchev–Trinajstić information content (AvgIpc) is 3.13. The number of hydrogen-bond acceptors (Lipinski definition) is 5. The summed E-state index contributed by atoms with van der Waals surface area (Å²) in [5, 5.41) is 4.77. The van der Waals surface area contributed by atoms with Gasteiger partial charge >= 0.3 is 0 Å². The van der Waals surface area contributed by atoms with Crippen LogP contribution in [0.1, 0.15) is 36.3 Å². The number of aryl methyl sites for hydroxylation is 1.